The van der Waals surface area contributed by atoms with Gasteiger partial charge < -0.3 is 14.4 Å². The van der Waals surface area contributed by atoms with Crippen LogP contribution in [0.3, 0.4) is 0 Å². The van der Waals surface area contributed by atoms with Gasteiger partial charge in [-0.1, -0.05) is 18.2 Å². The summed E-state index contributed by atoms with van der Waals surface area (Å²) in [7, 11) is 0. The van der Waals surface area contributed by atoms with Crippen LogP contribution in [0, 0.1) is 0 Å². The Morgan fingerprint density at radius 2 is 1.70 bits per heavy atom. The summed E-state index contributed by atoms with van der Waals surface area (Å²) in [6.45, 7) is 0.228. The molecule has 0 fully saturated rings. The zero-order valence-corrected chi connectivity index (χ0v) is 17.0. The largest absolute Gasteiger partial charge is 0.415 e. The van der Waals surface area contributed by atoms with Gasteiger partial charge >= 0.3 is 6.43 Å². The van der Waals surface area contributed by atoms with Crippen molar-refractivity contribution in [3.8, 4) is 11.5 Å². The van der Waals surface area contributed by atoms with Crippen molar-refractivity contribution in [3.05, 3.63) is 95.4 Å². The summed E-state index contributed by atoms with van der Waals surface area (Å²) < 4.78 is 30.6. The summed E-state index contributed by atoms with van der Waals surface area (Å²) >= 11 is 0. The van der Waals surface area contributed by atoms with E-state index in [1.54, 1.807) is 60.9 Å². The van der Waals surface area contributed by atoms with E-state index in [1.165, 1.54) is 11.0 Å². The number of halogens is 2. The van der Waals surface area contributed by atoms with Gasteiger partial charge in [0.2, 0.25) is 5.89 Å². The first kappa shape index (κ1) is 20.8. The number of aliphatic hydroxyl groups excluding tert-OH is 1. The van der Waals surface area contributed by atoms with E-state index >= 15 is 0 Å². The van der Waals surface area contributed by atoms with Crippen molar-refractivity contribution in [1.82, 2.24) is 25.1 Å². The number of fused-ring (bicyclic) bond motifs is 1. The molecule has 0 spiro atoms. The average molecular weight is 449 g/mol. The molecule has 0 saturated carbocycles. The maximum absolute atomic E-state index is 13.4. The van der Waals surface area contributed by atoms with Crippen LogP contribution in [0.25, 0.3) is 11.5 Å². The highest BCUT2D eigenvalue weighted by Crippen LogP contribution is 2.39. The summed E-state index contributed by atoms with van der Waals surface area (Å²) in [5, 5.41) is 18.2. The number of pyridine rings is 2. The first-order valence-corrected chi connectivity index (χ1v) is 10.1. The second-order valence-corrected chi connectivity index (χ2v) is 7.45. The minimum Gasteiger partial charge on any atom is -0.415 e. The highest BCUT2D eigenvalue weighted by molar-refractivity contribution is 5.99. The third-order valence-electron chi connectivity index (χ3n) is 5.43. The van der Waals surface area contributed by atoms with Crippen LogP contribution in [0.2, 0.25) is 0 Å². The quantitative estimate of drug-likeness (QED) is 0.476. The van der Waals surface area contributed by atoms with E-state index < -0.39 is 24.5 Å². The summed E-state index contributed by atoms with van der Waals surface area (Å²) in [6, 6.07) is 14.5. The zero-order chi connectivity index (χ0) is 22.9. The Kier molecular flexibility index (Phi) is 5.35. The van der Waals surface area contributed by atoms with E-state index in [0.717, 1.165) is 0 Å². The number of nitrogens with zero attached hydrogens (tertiary/aromatic N) is 5. The molecular weight excluding hydrogens is 432 g/mol. The number of carbonyl (C=O) groups is 1. The van der Waals surface area contributed by atoms with E-state index in [2.05, 4.69) is 20.2 Å². The Morgan fingerprint density at radius 1 is 0.970 bits per heavy atom. The van der Waals surface area contributed by atoms with Crippen LogP contribution in [0.15, 0.2) is 71.4 Å². The van der Waals surface area contributed by atoms with Gasteiger partial charge in [0, 0.05) is 30.1 Å². The fourth-order valence-electron chi connectivity index (χ4n) is 3.88. The maximum Gasteiger partial charge on any atom is 0.314 e. The molecule has 1 aliphatic rings. The predicted octanol–water partition coefficient (Wildman–Crippen LogP) is 3.89. The topological polar surface area (TPSA) is 105 Å². The van der Waals surface area contributed by atoms with E-state index in [9.17, 15) is 18.7 Å². The Bertz CT molecular complexity index is 1280. The minimum atomic E-state index is -2.88. The van der Waals surface area contributed by atoms with Crippen molar-refractivity contribution in [3.63, 3.8) is 0 Å². The van der Waals surface area contributed by atoms with Crippen molar-refractivity contribution in [2.24, 2.45) is 0 Å². The number of alkyl halides is 2. The first-order chi connectivity index (χ1) is 16.0. The van der Waals surface area contributed by atoms with Gasteiger partial charge in [0.1, 0.15) is 12.1 Å². The molecule has 10 heteroatoms. The van der Waals surface area contributed by atoms with Gasteiger partial charge in [-0.05, 0) is 42.0 Å². The third-order valence-corrected chi connectivity index (χ3v) is 5.43. The van der Waals surface area contributed by atoms with Crippen LogP contribution in [0.1, 0.15) is 51.8 Å². The fourth-order valence-corrected chi connectivity index (χ4v) is 3.88. The van der Waals surface area contributed by atoms with Crippen molar-refractivity contribution in [1.29, 1.82) is 0 Å². The highest BCUT2D eigenvalue weighted by Gasteiger charge is 2.39. The Morgan fingerprint density at radius 3 is 2.33 bits per heavy atom. The number of benzene rings is 1. The van der Waals surface area contributed by atoms with Gasteiger partial charge in [-0.15, -0.1) is 10.2 Å². The summed E-state index contributed by atoms with van der Waals surface area (Å²) in [5.74, 6) is -1.23. The molecule has 4 heterocycles. The van der Waals surface area contributed by atoms with Gasteiger partial charge in [-0.25, -0.2) is 0 Å². The smallest absolute Gasteiger partial charge is 0.314 e. The minimum absolute atomic E-state index is 0.103. The number of rotatable bonds is 6. The molecule has 4 aromatic rings. The van der Waals surface area contributed by atoms with Crippen LogP contribution in [-0.2, 0) is 6.54 Å². The molecule has 1 N–H and O–H groups in total. The summed E-state index contributed by atoms with van der Waals surface area (Å²) in [5.41, 5.74) is 2.34. The molecule has 0 saturated heterocycles. The van der Waals surface area contributed by atoms with Crippen LogP contribution >= 0.6 is 0 Å². The molecule has 1 amide bonds. The van der Waals surface area contributed by atoms with Gasteiger partial charge in [-0.3, -0.25) is 14.8 Å². The van der Waals surface area contributed by atoms with E-state index in [0.29, 0.717) is 28.1 Å². The summed E-state index contributed by atoms with van der Waals surface area (Å²) in [6.07, 6.45) is -0.845. The molecule has 8 nitrogen and oxygen atoms in total. The van der Waals surface area contributed by atoms with E-state index in [4.69, 9.17) is 4.42 Å². The van der Waals surface area contributed by atoms with Crippen molar-refractivity contribution >= 4 is 5.91 Å². The highest BCUT2D eigenvalue weighted by atomic mass is 19.3. The monoisotopic (exact) mass is 449 g/mol. The van der Waals surface area contributed by atoms with Crippen molar-refractivity contribution in [2.75, 3.05) is 0 Å². The molecular formula is C23H17F2N5O3. The predicted molar refractivity (Wildman–Crippen MR) is 111 cm³/mol. The molecule has 0 bridgehead atoms. The molecule has 1 aliphatic heterocycles. The molecule has 0 aliphatic carbocycles. The normalized spacial score (nSPS) is 15.0. The van der Waals surface area contributed by atoms with E-state index in [-0.39, 0.29) is 18.3 Å². The number of amides is 1. The molecule has 166 valence electrons. The third kappa shape index (κ3) is 3.85. The molecule has 0 radical (unpaired) electrons. The van der Waals surface area contributed by atoms with E-state index in [1.807, 2.05) is 0 Å². The second kappa shape index (κ2) is 8.47. The molecule has 5 rings (SSSR count). The van der Waals surface area contributed by atoms with Crippen LogP contribution in [0.5, 0.6) is 0 Å². The lowest BCUT2D eigenvalue weighted by molar-refractivity contribution is 0.0332. The number of hydrogen-bond acceptors (Lipinski definition) is 7. The number of aliphatic hydroxyl groups is 1. The lowest BCUT2D eigenvalue weighted by Gasteiger charge is -2.31. The SMILES string of the molecule is O=C1c2cc(-c3nnc(C(F)F)o3)ccc2CN1[C@H](c1ccccn1)[C@H](O)c1ccccn1. The van der Waals surface area contributed by atoms with Crippen LogP contribution in [0.4, 0.5) is 8.78 Å². The Hall–Kier alpha value is -4.05. The molecule has 3 aromatic heterocycles. The Labute approximate surface area is 186 Å². The summed E-state index contributed by atoms with van der Waals surface area (Å²) in [4.78, 5) is 23.5. The van der Waals surface area contributed by atoms with Crippen LogP contribution in [-0.4, -0.2) is 36.1 Å². The standard InChI is InChI=1S/C23H17F2N5O3/c24-20(25)22-29-28-21(33-22)13-7-8-14-12-30(23(32)15(14)11-13)18(16-5-1-3-9-26-16)19(31)17-6-2-4-10-27-17/h1-11,18-20,31H,12H2/t18-,19-/m1/s1. The van der Waals surface area contributed by atoms with Gasteiger partial charge in [0.25, 0.3) is 11.8 Å². The molecule has 1 aromatic carbocycles. The van der Waals surface area contributed by atoms with Gasteiger partial charge in [-0.2, -0.15) is 8.78 Å². The molecule has 2 atom stereocenters. The first-order valence-electron chi connectivity index (χ1n) is 10.1. The lowest BCUT2D eigenvalue weighted by Crippen LogP contribution is -2.34. The van der Waals surface area contributed by atoms with Crippen molar-refractivity contribution in [2.45, 2.75) is 25.1 Å². The number of aromatic nitrogens is 4. The lowest BCUT2D eigenvalue weighted by atomic mass is 10.0. The zero-order valence-electron chi connectivity index (χ0n) is 17.0. The van der Waals surface area contributed by atoms with Crippen molar-refractivity contribution < 1.29 is 23.1 Å². The fraction of sp³-hybridized carbons (Fsp3) is 0.174. The van der Waals surface area contributed by atoms with Gasteiger partial charge in [0.15, 0.2) is 0 Å². The average Bonchev–Trinajstić information content (AvgIpc) is 3.46. The second-order valence-electron chi connectivity index (χ2n) is 7.45. The Balaban J connectivity index is 1.50. The van der Waals surface area contributed by atoms with Crippen LogP contribution < -0.4 is 0 Å². The van der Waals surface area contributed by atoms with Gasteiger partial charge in [0.05, 0.1) is 11.4 Å². The molecule has 0 unspecified atom stereocenters. The number of carbonyl (C=O) groups excluding carboxylic acids is 1. The maximum atomic E-state index is 13.4. The molecule has 33 heavy (non-hydrogen) atoms. The number of hydrogen-bond donors (Lipinski definition) is 1.